The molecule has 0 aliphatic carbocycles. The van der Waals surface area contributed by atoms with Gasteiger partial charge in [0.25, 0.3) is 0 Å². The second-order valence-electron chi connectivity index (χ2n) is 7.25. The van der Waals surface area contributed by atoms with Gasteiger partial charge in [-0.1, -0.05) is 39.6 Å². The maximum absolute atomic E-state index is 4.04. The van der Waals surface area contributed by atoms with Crippen molar-refractivity contribution in [2.24, 2.45) is 0 Å². The molecule has 0 radical (unpaired) electrons. The first-order valence-corrected chi connectivity index (χ1v) is 11.9. The van der Waals surface area contributed by atoms with E-state index in [-0.39, 0.29) is 0 Å². The molecule has 3 heteroatoms. The number of rotatable bonds is 8. The summed E-state index contributed by atoms with van der Waals surface area (Å²) in [4.78, 5) is 2.22. The molecular formula is C20H36N2Si. The van der Waals surface area contributed by atoms with Crippen molar-refractivity contribution in [3.63, 3.8) is 0 Å². The first-order valence-electron chi connectivity index (χ1n) is 8.91. The van der Waals surface area contributed by atoms with Crippen LogP contribution in [0, 0.1) is 13.8 Å². The smallest absolute Gasteiger partial charge is 0.154 e. The van der Waals surface area contributed by atoms with Crippen LogP contribution in [0.5, 0.6) is 0 Å². The minimum Gasteiger partial charge on any atom is -0.377 e. The van der Waals surface area contributed by atoms with Gasteiger partial charge in [-0.05, 0) is 62.2 Å². The minimum absolute atomic E-state index is 1.20. The molecule has 2 nitrogen and oxygen atoms in total. The van der Waals surface area contributed by atoms with Gasteiger partial charge in [0.1, 0.15) is 0 Å². The fourth-order valence-corrected chi connectivity index (χ4v) is 7.06. The normalized spacial score (nSPS) is 11.9. The van der Waals surface area contributed by atoms with Gasteiger partial charge >= 0.3 is 0 Å². The van der Waals surface area contributed by atoms with Crippen LogP contribution >= 0.6 is 0 Å². The first-order chi connectivity index (χ1) is 10.7. The van der Waals surface area contributed by atoms with E-state index in [0.717, 1.165) is 0 Å². The first kappa shape index (κ1) is 20.0. The van der Waals surface area contributed by atoms with Crippen molar-refractivity contribution in [2.75, 3.05) is 32.1 Å². The zero-order valence-corrected chi connectivity index (χ0v) is 17.6. The molecule has 130 valence electrons. The van der Waals surface area contributed by atoms with E-state index < -0.39 is 8.24 Å². The molecule has 0 heterocycles. The Hall–Kier alpha value is -1.06. The van der Waals surface area contributed by atoms with E-state index in [1.54, 1.807) is 5.19 Å². The maximum atomic E-state index is 4.04. The van der Waals surface area contributed by atoms with Crippen molar-refractivity contribution in [1.82, 2.24) is 4.57 Å². The summed E-state index contributed by atoms with van der Waals surface area (Å²) in [7, 11) is 2.59. The fourth-order valence-electron chi connectivity index (χ4n) is 3.56. The lowest BCUT2D eigenvalue weighted by molar-refractivity contribution is 0.424. The lowest BCUT2D eigenvalue weighted by Gasteiger charge is -2.39. The Balaban J connectivity index is 3.53. The summed E-state index contributed by atoms with van der Waals surface area (Å²) in [5, 5.41) is 1.58. The second kappa shape index (κ2) is 8.16. The van der Waals surface area contributed by atoms with Crippen molar-refractivity contribution in [1.29, 1.82) is 0 Å². The third-order valence-electron chi connectivity index (χ3n) is 5.05. The highest BCUT2D eigenvalue weighted by atomic mass is 28.3. The molecule has 0 aliphatic heterocycles. The third kappa shape index (κ3) is 4.07. The van der Waals surface area contributed by atoms with Crippen molar-refractivity contribution in [3.05, 3.63) is 29.3 Å². The molecule has 1 aromatic carbocycles. The number of nitrogens with zero attached hydrogens (tertiary/aromatic N) is 2. The summed E-state index contributed by atoms with van der Waals surface area (Å²) in [6.07, 6.45) is 4.45. The van der Waals surface area contributed by atoms with Gasteiger partial charge in [-0.15, -0.1) is 0 Å². The van der Waals surface area contributed by atoms with Crippen LogP contribution in [0.15, 0.2) is 12.6 Å². The van der Waals surface area contributed by atoms with Crippen molar-refractivity contribution >= 4 is 25.2 Å². The molecule has 0 atom stereocenters. The van der Waals surface area contributed by atoms with Crippen LogP contribution in [-0.2, 0) is 0 Å². The number of anilines is 1. The summed E-state index contributed by atoms with van der Waals surface area (Å²) >= 11 is 0. The Morgan fingerprint density at radius 1 is 1.04 bits per heavy atom. The summed E-state index contributed by atoms with van der Waals surface area (Å²) in [5.74, 6) is 0. The van der Waals surface area contributed by atoms with E-state index in [9.17, 15) is 0 Å². The van der Waals surface area contributed by atoms with E-state index >= 15 is 0 Å². The van der Waals surface area contributed by atoms with E-state index in [1.807, 2.05) is 6.08 Å². The number of hydrogen-bond acceptors (Lipinski definition) is 2. The van der Waals surface area contributed by atoms with Gasteiger partial charge in [-0.3, -0.25) is 0 Å². The maximum Gasteiger partial charge on any atom is 0.154 e. The highest BCUT2D eigenvalue weighted by molar-refractivity contribution is 6.87. The number of hydrogen-bond donors (Lipinski definition) is 0. The quantitative estimate of drug-likeness (QED) is 0.645. The molecule has 1 rings (SSSR count). The molecule has 0 amide bonds. The molecule has 0 N–H and O–H groups in total. The molecule has 23 heavy (non-hydrogen) atoms. The van der Waals surface area contributed by atoms with Gasteiger partial charge < -0.3 is 9.47 Å². The summed E-state index contributed by atoms with van der Waals surface area (Å²) in [6.45, 7) is 20.6. The van der Waals surface area contributed by atoms with Gasteiger partial charge in [0, 0.05) is 25.3 Å². The number of benzene rings is 1. The van der Waals surface area contributed by atoms with Crippen LogP contribution in [0.25, 0.3) is 6.08 Å². The second-order valence-corrected chi connectivity index (χ2v) is 11.5. The largest absolute Gasteiger partial charge is 0.377 e. The third-order valence-corrected chi connectivity index (χ3v) is 8.92. The summed E-state index contributed by atoms with van der Waals surface area (Å²) in [5.41, 5.74) is 5.42. The van der Waals surface area contributed by atoms with E-state index in [1.165, 1.54) is 48.3 Å². The average molecular weight is 333 g/mol. The van der Waals surface area contributed by atoms with E-state index in [0.29, 0.717) is 0 Å². The molecule has 0 aliphatic rings. The molecular weight excluding hydrogens is 296 g/mol. The molecule has 0 fully saturated rings. The van der Waals surface area contributed by atoms with Crippen LogP contribution in [-0.4, -0.2) is 40.0 Å². The Labute approximate surface area is 145 Å². The van der Waals surface area contributed by atoms with Gasteiger partial charge in [0.15, 0.2) is 8.24 Å². The van der Waals surface area contributed by atoms with Gasteiger partial charge in [0.05, 0.1) is 0 Å². The van der Waals surface area contributed by atoms with Crippen molar-refractivity contribution < 1.29 is 0 Å². The highest BCUT2D eigenvalue weighted by Crippen LogP contribution is 2.27. The summed E-state index contributed by atoms with van der Waals surface area (Å²) in [6, 6.07) is 2.43. The Bertz CT molecular complexity index is 541. The predicted molar refractivity (Wildman–Crippen MR) is 110 cm³/mol. The Morgan fingerprint density at radius 2 is 1.57 bits per heavy atom. The van der Waals surface area contributed by atoms with Gasteiger partial charge in [-0.2, -0.15) is 0 Å². The zero-order chi connectivity index (χ0) is 17.8. The van der Waals surface area contributed by atoms with Gasteiger partial charge in [-0.25, -0.2) is 0 Å². The van der Waals surface area contributed by atoms with Crippen LogP contribution in [0.1, 0.15) is 43.4 Å². The fraction of sp³-hybridized carbons (Fsp3) is 0.600. The zero-order valence-electron chi connectivity index (χ0n) is 16.6. The van der Waals surface area contributed by atoms with Crippen molar-refractivity contribution in [2.45, 2.75) is 53.6 Å². The molecule has 0 unspecified atom stereocenters. The topological polar surface area (TPSA) is 6.48 Å². The average Bonchev–Trinajstić information content (AvgIpc) is 2.48. The van der Waals surface area contributed by atoms with Crippen LogP contribution in [0.4, 0.5) is 5.69 Å². The van der Waals surface area contributed by atoms with E-state index in [2.05, 4.69) is 77.0 Å². The van der Waals surface area contributed by atoms with Crippen LogP contribution in [0.2, 0.25) is 13.1 Å². The lowest BCUT2D eigenvalue weighted by Crippen LogP contribution is -2.59. The van der Waals surface area contributed by atoms with Crippen molar-refractivity contribution in [3.8, 4) is 0 Å². The monoisotopic (exact) mass is 332 g/mol. The standard InChI is InChI=1S/C20H36N2Si/c1-10-13-22(14-11-2)23(8,9)20-15-19(21(6)7)18(12-3)16(4)17(20)5/h12,15H,3,10-11,13-14H2,1-2,4-9H3. The lowest BCUT2D eigenvalue weighted by atomic mass is 10.0. The Kier molecular flexibility index (Phi) is 7.09. The molecule has 1 aromatic rings. The Morgan fingerprint density at radius 3 is 1.96 bits per heavy atom. The van der Waals surface area contributed by atoms with E-state index in [4.69, 9.17) is 0 Å². The van der Waals surface area contributed by atoms with Crippen LogP contribution < -0.4 is 10.1 Å². The molecule has 0 saturated carbocycles. The minimum atomic E-state index is -1.67. The summed E-state index contributed by atoms with van der Waals surface area (Å²) < 4.78 is 2.77. The van der Waals surface area contributed by atoms with Crippen LogP contribution in [0.3, 0.4) is 0 Å². The molecule has 0 saturated heterocycles. The predicted octanol–water partition coefficient (Wildman–Crippen LogP) is 4.55. The van der Waals surface area contributed by atoms with Gasteiger partial charge in [0.2, 0.25) is 0 Å². The molecule has 0 bridgehead atoms. The SMILES string of the molecule is C=Cc1c(N(C)C)cc([Si](C)(C)N(CCC)CCC)c(C)c1C. The molecule has 0 spiro atoms. The molecule has 0 aromatic heterocycles. The highest BCUT2D eigenvalue weighted by Gasteiger charge is 2.33.